The van der Waals surface area contributed by atoms with Crippen LogP contribution in [-0.4, -0.2) is 55.8 Å². The molecule has 1 aliphatic heterocycles. The lowest BCUT2D eigenvalue weighted by atomic mass is 9.96. The van der Waals surface area contributed by atoms with Crippen LogP contribution in [0.25, 0.3) is 0 Å². The number of pyridine rings is 1. The van der Waals surface area contributed by atoms with Crippen molar-refractivity contribution in [2.45, 2.75) is 39.7 Å². The van der Waals surface area contributed by atoms with Crippen molar-refractivity contribution in [2.75, 3.05) is 40.0 Å². The SMILES string of the molecule is CCNC(=NCc1ccnc(OCC)c1)N(C)CCC1CCOCC1. The molecule has 0 unspecified atom stereocenters. The number of aromatic nitrogens is 1. The summed E-state index contributed by atoms with van der Waals surface area (Å²) < 4.78 is 10.9. The van der Waals surface area contributed by atoms with Gasteiger partial charge < -0.3 is 19.7 Å². The highest BCUT2D eigenvalue weighted by atomic mass is 16.5. The summed E-state index contributed by atoms with van der Waals surface area (Å²) in [7, 11) is 2.11. The first-order chi connectivity index (χ1) is 12.2. The third kappa shape index (κ3) is 6.90. The van der Waals surface area contributed by atoms with E-state index < -0.39 is 0 Å². The third-order valence-electron chi connectivity index (χ3n) is 4.41. The molecule has 1 N–H and O–H groups in total. The van der Waals surface area contributed by atoms with Crippen LogP contribution in [-0.2, 0) is 11.3 Å². The summed E-state index contributed by atoms with van der Waals surface area (Å²) in [5.74, 6) is 2.38. The van der Waals surface area contributed by atoms with Gasteiger partial charge in [0.05, 0.1) is 13.2 Å². The van der Waals surface area contributed by atoms with Gasteiger partial charge in [-0.15, -0.1) is 0 Å². The van der Waals surface area contributed by atoms with E-state index >= 15 is 0 Å². The van der Waals surface area contributed by atoms with E-state index in [0.717, 1.165) is 43.7 Å². The Balaban J connectivity index is 1.90. The van der Waals surface area contributed by atoms with Crippen molar-refractivity contribution in [1.82, 2.24) is 15.2 Å². The highest BCUT2D eigenvalue weighted by molar-refractivity contribution is 5.79. The van der Waals surface area contributed by atoms with E-state index in [9.17, 15) is 0 Å². The average molecular weight is 348 g/mol. The van der Waals surface area contributed by atoms with Gasteiger partial charge in [0.25, 0.3) is 0 Å². The first-order valence-electron chi connectivity index (χ1n) is 9.37. The summed E-state index contributed by atoms with van der Waals surface area (Å²) in [6.45, 7) is 8.99. The van der Waals surface area contributed by atoms with Crippen molar-refractivity contribution in [1.29, 1.82) is 0 Å². The number of aliphatic imine (C=N–C) groups is 1. The number of guanidine groups is 1. The van der Waals surface area contributed by atoms with Gasteiger partial charge in [0, 0.05) is 45.6 Å². The summed E-state index contributed by atoms with van der Waals surface area (Å²) >= 11 is 0. The maximum Gasteiger partial charge on any atom is 0.213 e. The molecule has 1 aromatic heterocycles. The molecule has 0 atom stereocenters. The van der Waals surface area contributed by atoms with Gasteiger partial charge in [0.2, 0.25) is 5.88 Å². The molecule has 2 heterocycles. The van der Waals surface area contributed by atoms with Gasteiger partial charge in [0.15, 0.2) is 5.96 Å². The number of hydrogen-bond acceptors (Lipinski definition) is 4. The van der Waals surface area contributed by atoms with Crippen LogP contribution in [0.5, 0.6) is 5.88 Å². The van der Waals surface area contributed by atoms with Crippen molar-refractivity contribution < 1.29 is 9.47 Å². The number of ether oxygens (including phenoxy) is 2. The lowest BCUT2D eigenvalue weighted by molar-refractivity contribution is 0.0625. The zero-order valence-electron chi connectivity index (χ0n) is 15.8. The molecule has 1 saturated heterocycles. The molecular formula is C19H32N4O2. The van der Waals surface area contributed by atoms with Crippen LogP contribution in [0.2, 0.25) is 0 Å². The fraction of sp³-hybridized carbons (Fsp3) is 0.684. The Bertz CT molecular complexity index is 530. The van der Waals surface area contributed by atoms with Gasteiger partial charge in [-0.1, -0.05) is 0 Å². The largest absolute Gasteiger partial charge is 0.478 e. The molecule has 1 aromatic rings. The van der Waals surface area contributed by atoms with Gasteiger partial charge in [-0.3, -0.25) is 0 Å². The molecular weight excluding hydrogens is 316 g/mol. The molecule has 1 aliphatic rings. The van der Waals surface area contributed by atoms with E-state index in [1.165, 1.54) is 19.3 Å². The Morgan fingerprint density at radius 1 is 1.40 bits per heavy atom. The standard InChI is InChI=1S/C19H32N4O2/c1-4-20-19(23(3)11-7-16-8-12-24-13-9-16)22-15-17-6-10-21-18(14-17)25-5-2/h6,10,14,16H,4-5,7-9,11-13,15H2,1-3H3,(H,20,22). The minimum absolute atomic E-state index is 0.618. The van der Waals surface area contributed by atoms with Crippen LogP contribution in [0.15, 0.2) is 23.3 Å². The smallest absolute Gasteiger partial charge is 0.213 e. The van der Waals surface area contributed by atoms with E-state index in [4.69, 9.17) is 14.5 Å². The van der Waals surface area contributed by atoms with E-state index in [2.05, 4.69) is 29.2 Å². The zero-order valence-corrected chi connectivity index (χ0v) is 15.8. The number of nitrogens with one attached hydrogen (secondary N) is 1. The van der Waals surface area contributed by atoms with Crippen LogP contribution in [0.4, 0.5) is 0 Å². The molecule has 140 valence electrons. The summed E-state index contributed by atoms with van der Waals surface area (Å²) in [5, 5.41) is 3.38. The van der Waals surface area contributed by atoms with E-state index in [0.29, 0.717) is 19.0 Å². The minimum atomic E-state index is 0.618. The predicted molar refractivity (Wildman–Crippen MR) is 101 cm³/mol. The maximum atomic E-state index is 5.46. The van der Waals surface area contributed by atoms with Gasteiger partial charge in [-0.25, -0.2) is 9.98 Å². The lowest BCUT2D eigenvalue weighted by Gasteiger charge is -2.26. The van der Waals surface area contributed by atoms with Crippen molar-refractivity contribution >= 4 is 5.96 Å². The number of rotatable bonds is 8. The van der Waals surface area contributed by atoms with Gasteiger partial charge in [-0.2, -0.15) is 0 Å². The summed E-state index contributed by atoms with van der Waals surface area (Å²) in [4.78, 5) is 11.2. The third-order valence-corrected chi connectivity index (χ3v) is 4.41. The summed E-state index contributed by atoms with van der Waals surface area (Å²) in [6, 6.07) is 3.94. The fourth-order valence-corrected chi connectivity index (χ4v) is 2.93. The van der Waals surface area contributed by atoms with Crippen molar-refractivity contribution in [3.8, 4) is 5.88 Å². The Labute approximate surface area is 151 Å². The van der Waals surface area contributed by atoms with E-state index in [-0.39, 0.29) is 0 Å². The monoisotopic (exact) mass is 348 g/mol. The molecule has 0 saturated carbocycles. The fourth-order valence-electron chi connectivity index (χ4n) is 2.93. The van der Waals surface area contributed by atoms with Gasteiger partial charge in [-0.05, 0) is 50.7 Å². The van der Waals surface area contributed by atoms with Crippen LogP contribution < -0.4 is 10.1 Å². The second-order valence-corrected chi connectivity index (χ2v) is 6.37. The second-order valence-electron chi connectivity index (χ2n) is 6.37. The van der Waals surface area contributed by atoms with E-state index in [1.54, 1.807) is 6.20 Å². The van der Waals surface area contributed by atoms with Crippen LogP contribution in [0, 0.1) is 5.92 Å². The maximum absolute atomic E-state index is 5.46. The Hall–Kier alpha value is -1.82. The summed E-state index contributed by atoms with van der Waals surface area (Å²) in [6.07, 6.45) is 5.32. The predicted octanol–water partition coefficient (Wildman–Crippen LogP) is 2.69. The van der Waals surface area contributed by atoms with Crippen molar-refractivity contribution in [3.63, 3.8) is 0 Å². The molecule has 0 aliphatic carbocycles. The minimum Gasteiger partial charge on any atom is -0.478 e. The molecule has 2 rings (SSSR count). The Morgan fingerprint density at radius 3 is 2.92 bits per heavy atom. The first-order valence-corrected chi connectivity index (χ1v) is 9.37. The average Bonchev–Trinajstić information content (AvgIpc) is 2.64. The molecule has 0 bridgehead atoms. The molecule has 0 aromatic carbocycles. The van der Waals surface area contributed by atoms with Gasteiger partial charge >= 0.3 is 0 Å². The molecule has 6 heteroatoms. The number of hydrogen-bond donors (Lipinski definition) is 1. The van der Waals surface area contributed by atoms with Gasteiger partial charge in [0.1, 0.15) is 0 Å². The van der Waals surface area contributed by atoms with Crippen LogP contribution >= 0.6 is 0 Å². The zero-order chi connectivity index (χ0) is 17.9. The first kappa shape index (κ1) is 19.5. The Kier molecular flexibility index (Phi) is 8.52. The highest BCUT2D eigenvalue weighted by Crippen LogP contribution is 2.18. The van der Waals surface area contributed by atoms with Crippen molar-refractivity contribution in [3.05, 3.63) is 23.9 Å². The number of nitrogens with zero attached hydrogens (tertiary/aromatic N) is 3. The highest BCUT2D eigenvalue weighted by Gasteiger charge is 2.15. The molecule has 0 radical (unpaired) electrons. The molecule has 0 spiro atoms. The quantitative estimate of drug-likeness (QED) is 0.578. The molecule has 6 nitrogen and oxygen atoms in total. The van der Waals surface area contributed by atoms with Crippen LogP contribution in [0.3, 0.4) is 0 Å². The lowest BCUT2D eigenvalue weighted by Crippen LogP contribution is -2.40. The van der Waals surface area contributed by atoms with Crippen LogP contribution in [0.1, 0.15) is 38.7 Å². The topological polar surface area (TPSA) is 59.0 Å². The Morgan fingerprint density at radius 2 is 2.20 bits per heavy atom. The van der Waals surface area contributed by atoms with E-state index in [1.807, 2.05) is 19.1 Å². The molecule has 0 amide bonds. The summed E-state index contributed by atoms with van der Waals surface area (Å²) in [5.41, 5.74) is 1.10. The second kappa shape index (κ2) is 10.9. The van der Waals surface area contributed by atoms with Crippen molar-refractivity contribution in [2.24, 2.45) is 10.9 Å². The molecule has 25 heavy (non-hydrogen) atoms. The molecule has 1 fully saturated rings. The normalized spacial score (nSPS) is 15.9.